The maximum absolute atomic E-state index is 12.5. The molecule has 0 radical (unpaired) electrons. The van der Waals surface area contributed by atoms with Gasteiger partial charge in [-0.1, -0.05) is 206 Å². The molecule has 0 aromatic heterocycles. The molecule has 0 aromatic carbocycles. The lowest BCUT2D eigenvalue weighted by Gasteiger charge is -2.23. The molecular weight excluding hydrogens is 594 g/mol. The first-order valence-electron chi connectivity index (χ1n) is 20.2. The highest BCUT2D eigenvalue weighted by Crippen LogP contribution is 2.16. The van der Waals surface area contributed by atoms with Crippen LogP contribution in [0, 0.1) is 0 Å². The summed E-state index contributed by atoms with van der Waals surface area (Å²) >= 11 is 0. The minimum Gasteiger partial charge on any atom is -0.391 e. The molecule has 6 nitrogen and oxygen atoms in total. The van der Waals surface area contributed by atoms with Gasteiger partial charge in [-0.05, 0) is 12.8 Å². The first-order chi connectivity index (χ1) is 22.3. The zero-order valence-electron chi connectivity index (χ0n) is 30.7. The van der Waals surface area contributed by atoms with Crippen LogP contribution in [-0.2, 0) is 14.9 Å². The van der Waals surface area contributed by atoms with Crippen LogP contribution in [0.25, 0.3) is 0 Å². The molecular formula is C39H79NO5S. The summed E-state index contributed by atoms with van der Waals surface area (Å²) in [6.07, 6.45) is 39.0. The summed E-state index contributed by atoms with van der Waals surface area (Å²) in [6, 6.07) is -0.963. The molecule has 7 heteroatoms. The minimum absolute atomic E-state index is 0.241. The van der Waals surface area contributed by atoms with Gasteiger partial charge in [0.15, 0.2) is 0 Å². The average molecular weight is 674 g/mol. The molecule has 2 unspecified atom stereocenters. The summed E-state index contributed by atoms with van der Waals surface area (Å²) in [5, 5.41) is 13.3. The van der Waals surface area contributed by atoms with Crippen LogP contribution in [0.15, 0.2) is 0 Å². The van der Waals surface area contributed by atoms with E-state index in [2.05, 4.69) is 19.2 Å². The maximum atomic E-state index is 12.5. The van der Waals surface area contributed by atoms with E-state index in [4.69, 9.17) is 0 Å². The van der Waals surface area contributed by atoms with Crippen molar-refractivity contribution in [3.8, 4) is 0 Å². The fraction of sp³-hybridized carbons (Fsp3) is 0.974. The van der Waals surface area contributed by atoms with Crippen LogP contribution in [0.1, 0.15) is 226 Å². The van der Waals surface area contributed by atoms with Crippen molar-refractivity contribution in [1.29, 1.82) is 0 Å². The summed E-state index contributed by atoms with van der Waals surface area (Å²) in [4.78, 5) is 12.5. The molecule has 0 aromatic rings. The highest BCUT2D eigenvalue weighted by Gasteiger charge is 2.26. The van der Waals surface area contributed by atoms with Gasteiger partial charge in [0.25, 0.3) is 10.1 Å². The predicted molar refractivity (Wildman–Crippen MR) is 198 cm³/mol. The number of carbonyl (C=O) groups excluding carboxylic acids is 1. The van der Waals surface area contributed by atoms with E-state index in [9.17, 15) is 22.9 Å². The standard InChI is InChI=1S/C39H79NO5S/c1-3-5-7-9-11-13-15-17-19-21-23-25-27-29-31-33-35-39(42)40-37(36-46(43,44)45)38(41)34-32-30-28-26-24-22-20-18-16-14-12-10-8-6-4-2/h37-38,41H,3-36H2,1-2H3,(H,40,42)(H,43,44,45). The molecule has 46 heavy (non-hydrogen) atoms. The first kappa shape index (κ1) is 45.3. The Morgan fingerprint density at radius 1 is 0.500 bits per heavy atom. The Kier molecular flexibility index (Phi) is 33.7. The van der Waals surface area contributed by atoms with E-state index < -0.39 is 28.0 Å². The van der Waals surface area contributed by atoms with E-state index in [1.54, 1.807) is 0 Å². The second-order valence-corrected chi connectivity index (χ2v) is 15.8. The van der Waals surface area contributed by atoms with Crippen molar-refractivity contribution in [2.45, 2.75) is 238 Å². The smallest absolute Gasteiger partial charge is 0.266 e. The number of aliphatic hydroxyl groups is 1. The van der Waals surface area contributed by atoms with Gasteiger partial charge in [-0.2, -0.15) is 8.42 Å². The average Bonchev–Trinajstić information content (AvgIpc) is 3.01. The predicted octanol–water partition coefficient (Wildman–Crippen LogP) is 11.6. The number of nitrogens with one attached hydrogen (secondary N) is 1. The van der Waals surface area contributed by atoms with Crippen molar-refractivity contribution in [3.05, 3.63) is 0 Å². The molecule has 0 bridgehead atoms. The van der Waals surface area contributed by atoms with E-state index in [1.807, 2.05) is 0 Å². The van der Waals surface area contributed by atoms with Gasteiger partial charge in [-0.15, -0.1) is 0 Å². The van der Waals surface area contributed by atoms with Gasteiger partial charge in [0.05, 0.1) is 17.9 Å². The van der Waals surface area contributed by atoms with Crippen LogP contribution in [0.4, 0.5) is 0 Å². The molecule has 0 aliphatic carbocycles. The van der Waals surface area contributed by atoms with Crippen molar-refractivity contribution in [1.82, 2.24) is 5.32 Å². The van der Waals surface area contributed by atoms with Crippen molar-refractivity contribution in [2.75, 3.05) is 5.75 Å². The third kappa shape index (κ3) is 34.7. The third-order valence-corrected chi connectivity index (χ3v) is 10.3. The minimum atomic E-state index is -4.30. The Bertz CT molecular complexity index is 745. The lowest BCUT2D eigenvalue weighted by molar-refractivity contribution is -0.122. The summed E-state index contributed by atoms with van der Waals surface area (Å²) in [5.74, 6) is -0.882. The molecule has 2 atom stereocenters. The molecule has 0 spiro atoms. The lowest BCUT2D eigenvalue weighted by atomic mass is 10.0. The van der Waals surface area contributed by atoms with Crippen LogP contribution < -0.4 is 5.32 Å². The summed E-state index contributed by atoms with van der Waals surface area (Å²) in [6.45, 7) is 4.53. The maximum Gasteiger partial charge on any atom is 0.266 e. The summed E-state index contributed by atoms with van der Waals surface area (Å²) in [5.41, 5.74) is 0. The molecule has 0 heterocycles. The van der Waals surface area contributed by atoms with Crippen LogP contribution in [0.5, 0.6) is 0 Å². The zero-order valence-corrected chi connectivity index (χ0v) is 31.5. The van der Waals surface area contributed by atoms with E-state index in [1.165, 1.54) is 161 Å². The Labute approximate surface area is 287 Å². The van der Waals surface area contributed by atoms with E-state index >= 15 is 0 Å². The molecule has 3 N–H and O–H groups in total. The largest absolute Gasteiger partial charge is 0.391 e. The van der Waals surface area contributed by atoms with Gasteiger partial charge < -0.3 is 10.4 Å². The monoisotopic (exact) mass is 674 g/mol. The van der Waals surface area contributed by atoms with Gasteiger partial charge in [0.2, 0.25) is 5.91 Å². The van der Waals surface area contributed by atoms with Crippen LogP contribution in [0.3, 0.4) is 0 Å². The third-order valence-electron chi connectivity index (χ3n) is 9.56. The summed E-state index contributed by atoms with van der Waals surface area (Å²) < 4.78 is 32.5. The fourth-order valence-corrected chi connectivity index (χ4v) is 7.27. The Balaban J connectivity index is 3.83. The van der Waals surface area contributed by atoms with Crippen molar-refractivity contribution < 1.29 is 22.9 Å². The number of hydrogen-bond acceptors (Lipinski definition) is 4. The van der Waals surface area contributed by atoms with E-state index in [0.29, 0.717) is 12.8 Å². The van der Waals surface area contributed by atoms with Crippen LogP contribution in [-0.4, -0.2) is 41.9 Å². The Morgan fingerprint density at radius 2 is 0.783 bits per heavy atom. The number of hydrogen-bond donors (Lipinski definition) is 3. The van der Waals surface area contributed by atoms with Gasteiger partial charge in [0, 0.05) is 6.42 Å². The number of amides is 1. The normalized spacial score (nSPS) is 13.2. The number of carbonyl (C=O) groups is 1. The topological polar surface area (TPSA) is 104 Å². The molecule has 276 valence electrons. The van der Waals surface area contributed by atoms with Gasteiger partial charge in [-0.3, -0.25) is 9.35 Å². The highest BCUT2D eigenvalue weighted by atomic mass is 32.2. The lowest BCUT2D eigenvalue weighted by Crippen LogP contribution is -2.47. The first-order valence-corrected chi connectivity index (χ1v) is 21.8. The Morgan fingerprint density at radius 3 is 1.09 bits per heavy atom. The van der Waals surface area contributed by atoms with Gasteiger partial charge in [0.1, 0.15) is 0 Å². The van der Waals surface area contributed by atoms with Gasteiger partial charge >= 0.3 is 0 Å². The van der Waals surface area contributed by atoms with Gasteiger partial charge in [-0.25, -0.2) is 0 Å². The number of unbranched alkanes of at least 4 members (excludes halogenated alkanes) is 29. The van der Waals surface area contributed by atoms with Crippen molar-refractivity contribution >= 4 is 16.0 Å². The SMILES string of the molecule is CCCCCCCCCCCCCCCCCCC(=O)NC(CS(=O)(=O)O)C(O)CCCCCCCCCCCCCCCCC. The zero-order chi connectivity index (χ0) is 34.0. The van der Waals surface area contributed by atoms with Crippen molar-refractivity contribution in [3.63, 3.8) is 0 Å². The molecule has 1 amide bonds. The Hall–Kier alpha value is -0.660. The quantitative estimate of drug-likeness (QED) is 0.0450. The summed E-state index contributed by atoms with van der Waals surface area (Å²) in [7, 11) is -4.30. The second-order valence-electron chi connectivity index (χ2n) is 14.3. The fourth-order valence-electron chi connectivity index (χ4n) is 6.51. The molecule has 0 saturated heterocycles. The molecule has 0 aliphatic rings. The van der Waals surface area contributed by atoms with Crippen LogP contribution >= 0.6 is 0 Å². The number of rotatable bonds is 37. The van der Waals surface area contributed by atoms with E-state index in [-0.39, 0.29) is 5.91 Å². The molecule has 0 fully saturated rings. The van der Waals surface area contributed by atoms with E-state index in [0.717, 1.165) is 38.5 Å². The molecule has 0 saturated carbocycles. The number of aliphatic hydroxyl groups excluding tert-OH is 1. The molecule has 0 rings (SSSR count). The second kappa shape index (κ2) is 34.2. The van der Waals surface area contributed by atoms with Crippen LogP contribution in [0.2, 0.25) is 0 Å². The molecule has 0 aliphatic heterocycles. The highest BCUT2D eigenvalue weighted by molar-refractivity contribution is 7.85. The van der Waals surface area contributed by atoms with Crippen molar-refractivity contribution in [2.24, 2.45) is 0 Å².